The maximum absolute atomic E-state index is 13.1. The molecule has 0 fully saturated rings. The molecule has 0 saturated heterocycles. The molecule has 5 heteroatoms. The quantitative estimate of drug-likeness (QED) is 0.635. The van der Waals surface area contributed by atoms with Gasteiger partial charge in [-0.25, -0.2) is 4.39 Å². The summed E-state index contributed by atoms with van der Waals surface area (Å²) in [6, 6.07) is 9.11. The van der Waals surface area contributed by atoms with E-state index in [1.54, 1.807) is 18.2 Å². The van der Waals surface area contributed by atoms with Crippen LogP contribution in [0.25, 0.3) is 0 Å². The number of ketones is 1. The van der Waals surface area contributed by atoms with Gasteiger partial charge >= 0.3 is 0 Å². The van der Waals surface area contributed by atoms with Crippen LogP contribution in [0.5, 0.6) is 0 Å². The lowest BCUT2D eigenvalue weighted by atomic mass is 10.0. The van der Waals surface area contributed by atoms with Gasteiger partial charge in [-0.3, -0.25) is 4.79 Å². The number of rotatable bonds is 2. The Kier molecular flexibility index (Phi) is 3.82. The molecule has 0 amide bonds. The molecule has 2 nitrogen and oxygen atoms in total. The van der Waals surface area contributed by atoms with Crippen molar-refractivity contribution in [1.29, 1.82) is 0 Å². The van der Waals surface area contributed by atoms with E-state index < -0.39 is 5.82 Å². The fourth-order valence-electron chi connectivity index (χ4n) is 1.51. The van der Waals surface area contributed by atoms with Crippen molar-refractivity contribution in [2.24, 2.45) is 0 Å². The van der Waals surface area contributed by atoms with E-state index in [0.717, 1.165) is 0 Å². The standard InChI is InChI=1S/C13H8Br2FNO/c14-10-6-8(17)2-3-9(10)13(18)7-1-4-12(16)11(15)5-7/h1-6H,17H2. The van der Waals surface area contributed by atoms with Gasteiger partial charge in [0, 0.05) is 21.3 Å². The summed E-state index contributed by atoms with van der Waals surface area (Å²) >= 11 is 6.35. The molecule has 18 heavy (non-hydrogen) atoms. The minimum atomic E-state index is -0.400. The number of hydrogen-bond acceptors (Lipinski definition) is 2. The number of carbonyl (C=O) groups is 1. The van der Waals surface area contributed by atoms with Crippen LogP contribution in [0.4, 0.5) is 10.1 Å². The Labute approximate surface area is 120 Å². The van der Waals surface area contributed by atoms with Gasteiger partial charge in [0.15, 0.2) is 5.78 Å². The van der Waals surface area contributed by atoms with Gasteiger partial charge in [0.1, 0.15) is 5.82 Å². The number of nitrogen functional groups attached to an aromatic ring is 1. The molecule has 0 spiro atoms. The molecule has 0 saturated carbocycles. The minimum absolute atomic E-state index is 0.192. The lowest BCUT2D eigenvalue weighted by Crippen LogP contribution is -2.03. The largest absolute Gasteiger partial charge is 0.399 e. The van der Waals surface area contributed by atoms with E-state index in [1.165, 1.54) is 18.2 Å². The highest BCUT2D eigenvalue weighted by Gasteiger charge is 2.14. The molecule has 0 aliphatic rings. The monoisotopic (exact) mass is 371 g/mol. The zero-order chi connectivity index (χ0) is 13.3. The molecule has 2 aromatic rings. The predicted molar refractivity (Wildman–Crippen MR) is 76.1 cm³/mol. The van der Waals surface area contributed by atoms with E-state index in [0.29, 0.717) is 21.3 Å². The van der Waals surface area contributed by atoms with Gasteiger partial charge in [-0.2, -0.15) is 0 Å². The Balaban J connectivity index is 2.44. The number of hydrogen-bond donors (Lipinski definition) is 1. The molecule has 0 aromatic heterocycles. The summed E-state index contributed by atoms with van der Waals surface area (Å²) in [5.41, 5.74) is 7.08. The Morgan fingerprint density at radius 2 is 1.78 bits per heavy atom. The third-order valence-electron chi connectivity index (χ3n) is 2.42. The maximum Gasteiger partial charge on any atom is 0.194 e. The first kappa shape index (κ1) is 13.2. The lowest BCUT2D eigenvalue weighted by molar-refractivity contribution is 0.103. The topological polar surface area (TPSA) is 43.1 Å². The summed E-state index contributed by atoms with van der Waals surface area (Å²) in [6.07, 6.45) is 0. The van der Waals surface area contributed by atoms with Crippen LogP contribution in [0.2, 0.25) is 0 Å². The summed E-state index contributed by atoms with van der Waals surface area (Å²) in [7, 11) is 0. The molecule has 2 rings (SSSR count). The number of halogens is 3. The van der Waals surface area contributed by atoms with Gasteiger partial charge < -0.3 is 5.73 Å². The minimum Gasteiger partial charge on any atom is -0.399 e. The van der Waals surface area contributed by atoms with E-state index in [9.17, 15) is 9.18 Å². The third-order valence-corrected chi connectivity index (χ3v) is 3.68. The second-order valence-electron chi connectivity index (χ2n) is 3.70. The van der Waals surface area contributed by atoms with Crippen molar-refractivity contribution in [3.8, 4) is 0 Å². The van der Waals surface area contributed by atoms with Crippen LogP contribution in [0.3, 0.4) is 0 Å². The van der Waals surface area contributed by atoms with Crippen LogP contribution in [-0.4, -0.2) is 5.78 Å². The van der Waals surface area contributed by atoms with Gasteiger partial charge in [0.2, 0.25) is 0 Å². The second-order valence-corrected chi connectivity index (χ2v) is 5.41. The van der Waals surface area contributed by atoms with Crippen molar-refractivity contribution in [2.75, 3.05) is 5.73 Å². The van der Waals surface area contributed by atoms with Crippen molar-refractivity contribution in [2.45, 2.75) is 0 Å². The van der Waals surface area contributed by atoms with Crippen LogP contribution >= 0.6 is 31.9 Å². The van der Waals surface area contributed by atoms with Gasteiger partial charge in [-0.15, -0.1) is 0 Å². The highest BCUT2D eigenvalue weighted by Crippen LogP contribution is 2.24. The smallest absolute Gasteiger partial charge is 0.194 e. The lowest BCUT2D eigenvalue weighted by Gasteiger charge is -2.05. The number of benzene rings is 2. The molecule has 0 atom stereocenters. The molecule has 0 aliphatic heterocycles. The van der Waals surface area contributed by atoms with Crippen LogP contribution in [-0.2, 0) is 0 Å². The molecule has 2 N–H and O–H groups in total. The number of nitrogens with two attached hydrogens (primary N) is 1. The summed E-state index contributed by atoms with van der Waals surface area (Å²) in [5, 5.41) is 0. The molecular formula is C13H8Br2FNO. The van der Waals surface area contributed by atoms with Gasteiger partial charge in [-0.05, 0) is 68.3 Å². The number of carbonyl (C=O) groups excluding carboxylic acids is 1. The van der Waals surface area contributed by atoms with E-state index >= 15 is 0 Å². The van der Waals surface area contributed by atoms with Crippen LogP contribution in [0.1, 0.15) is 15.9 Å². The molecule has 2 aromatic carbocycles. The van der Waals surface area contributed by atoms with E-state index in [1.807, 2.05) is 0 Å². The normalized spacial score (nSPS) is 10.4. The zero-order valence-electron chi connectivity index (χ0n) is 9.08. The molecule has 92 valence electrons. The van der Waals surface area contributed by atoms with E-state index in [4.69, 9.17) is 5.73 Å². The Bertz CT molecular complexity index is 628. The summed E-state index contributed by atoms with van der Waals surface area (Å²) in [5.74, 6) is -0.592. The van der Waals surface area contributed by atoms with Crippen molar-refractivity contribution in [1.82, 2.24) is 0 Å². The summed E-state index contributed by atoms with van der Waals surface area (Å²) in [6.45, 7) is 0. The molecule has 0 heterocycles. The second kappa shape index (κ2) is 5.20. The third kappa shape index (κ3) is 2.62. The van der Waals surface area contributed by atoms with E-state index in [-0.39, 0.29) is 10.3 Å². The Morgan fingerprint density at radius 1 is 1.06 bits per heavy atom. The van der Waals surface area contributed by atoms with Gasteiger partial charge in [-0.1, -0.05) is 0 Å². The predicted octanol–water partition coefficient (Wildman–Crippen LogP) is 4.16. The Hall–Kier alpha value is -1.20. The van der Waals surface area contributed by atoms with Crippen LogP contribution < -0.4 is 5.73 Å². The highest BCUT2D eigenvalue weighted by atomic mass is 79.9. The first-order valence-corrected chi connectivity index (χ1v) is 6.62. The number of anilines is 1. The zero-order valence-corrected chi connectivity index (χ0v) is 12.3. The SMILES string of the molecule is Nc1ccc(C(=O)c2ccc(F)c(Br)c2)c(Br)c1. The van der Waals surface area contributed by atoms with Crippen LogP contribution in [0, 0.1) is 5.82 Å². The van der Waals surface area contributed by atoms with Crippen molar-refractivity contribution >= 4 is 43.3 Å². The first-order chi connectivity index (χ1) is 8.49. The van der Waals surface area contributed by atoms with Gasteiger partial charge in [0.25, 0.3) is 0 Å². The fourth-order valence-corrected chi connectivity index (χ4v) is 2.46. The molecule has 0 aliphatic carbocycles. The van der Waals surface area contributed by atoms with Crippen LogP contribution in [0.15, 0.2) is 45.3 Å². The molecule has 0 bridgehead atoms. The van der Waals surface area contributed by atoms with Crippen molar-refractivity contribution in [3.05, 3.63) is 62.3 Å². The first-order valence-electron chi connectivity index (χ1n) is 5.04. The highest BCUT2D eigenvalue weighted by molar-refractivity contribution is 9.10. The Morgan fingerprint density at radius 3 is 2.39 bits per heavy atom. The molecule has 0 unspecified atom stereocenters. The fraction of sp³-hybridized carbons (Fsp3) is 0. The van der Waals surface area contributed by atoms with Gasteiger partial charge in [0.05, 0.1) is 4.47 Å². The van der Waals surface area contributed by atoms with Crippen molar-refractivity contribution in [3.63, 3.8) is 0 Å². The molecule has 0 radical (unpaired) electrons. The van der Waals surface area contributed by atoms with Crippen molar-refractivity contribution < 1.29 is 9.18 Å². The summed E-state index contributed by atoms with van der Waals surface area (Å²) < 4.78 is 14.0. The average molecular weight is 373 g/mol. The average Bonchev–Trinajstić information content (AvgIpc) is 2.32. The summed E-state index contributed by atoms with van der Waals surface area (Å²) in [4.78, 5) is 12.2. The maximum atomic E-state index is 13.1. The molecular weight excluding hydrogens is 365 g/mol. The van der Waals surface area contributed by atoms with E-state index in [2.05, 4.69) is 31.9 Å².